The quantitative estimate of drug-likeness (QED) is 0.771. The zero-order valence-electron chi connectivity index (χ0n) is 10.6. The number of ether oxygens (including phenoxy) is 2. The van der Waals surface area contributed by atoms with Crippen molar-refractivity contribution in [3.05, 3.63) is 28.8 Å². The predicted molar refractivity (Wildman–Crippen MR) is 62.9 cm³/mol. The number of carbonyl (C=O) groups excluding carboxylic acids is 1. The fourth-order valence-electron chi connectivity index (χ4n) is 1.64. The van der Waals surface area contributed by atoms with Gasteiger partial charge in [-0.25, -0.2) is 0 Å². The number of nitriles is 1. The van der Waals surface area contributed by atoms with Crippen LogP contribution in [-0.2, 0) is 16.0 Å². The average molecular weight is 269 g/mol. The van der Waals surface area contributed by atoms with E-state index in [0.29, 0.717) is 5.56 Å². The highest BCUT2D eigenvalue weighted by molar-refractivity contribution is 5.74. The van der Waals surface area contributed by atoms with E-state index in [1.165, 1.54) is 19.1 Å². The zero-order chi connectivity index (χ0) is 14.4. The minimum Gasteiger partial charge on any atom is -0.466 e. The van der Waals surface area contributed by atoms with Gasteiger partial charge in [0.15, 0.2) is 0 Å². The van der Waals surface area contributed by atoms with E-state index in [1.807, 2.05) is 6.07 Å². The summed E-state index contributed by atoms with van der Waals surface area (Å²) >= 11 is 0. The second kappa shape index (κ2) is 6.69. The fourth-order valence-corrected chi connectivity index (χ4v) is 1.64. The van der Waals surface area contributed by atoms with Gasteiger partial charge in [0.05, 0.1) is 24.7 Å². The van der Waals surface area contributed by atoms with Gasteiger partial charge in [-0.15, -0.1) is 0 Å². The van der Waals surface area contributed by atoms with Crippen molar-refractivity contribution in [1.82, 2.24) is 0 Å². The minimum atomic E-state index is -2.96. The molecule has 6 heteroatoms. The van der Waals surface area contributed by atoms with Crippen molar-refractivity contribution in [3.63, 3.8) is 0 Å². The smallest absolute Gasteiger partial charge is 0.387 e. The lowest BCUT2D eigenvalue weighted by Crippen LogP contribution is -2.10. The summed E-state index contributed by atoms with van der Waals surface area (Å²) in [7, 11) is 0. The highest BCUT2D eigenvalue weighted by Crippen LogP contribution is 2.26. The lowest BCUT2D eigenvalue weighted by molar-refractivity contribution is -0.142. The maximum absolute atomic E-state index is 12.2. The van der Waals surface area contributed by atoms with Crippen LogP contribution >= 0.6 is 0 Å². The van der Waals surface area contributed by atoms with Crippen LogP contribution in [0.25, 0.3) is 0 Å². The fraction of sp³-hybridized carbons (Fsp3) is 0.385. The average Bonchev–Trinajstić information content (AvgIpc) is 2.33. The molecule has 0 N–H and O–H groups in total. The first-order valence-corrected chi connectivity index (χ1v) is 5.62. The maximum atomic E-state index is 12.2. The SMILES string of the molecule is CCOC(=O)Cc1ccc(OC(F)F)c(C)c1C#N. The predicted octanol–water partition coefficient (Wildman–Crippen LogP) is 2.57. The number of carbonyl (C=O) groups is 1. The number of hydrogen-bond acceptors (Lipinski definition) is 4. The van der Waals surface area contributed by atoms with Gasteiger partial charge in [-0.1, -0.05) is 6.07 Å². The number of halogens is 2. The largest absolute Gasteiger partial charge is 0.466 e. The molecule has 0 fully saturated rings. The van der Waals surface area contributed by atoms with Crippen LogP contribution in [0.4, 0.5) is 8.78 Å². The molecule has 0 spiro atoms. The summed E-state index contributed by atoms with van der Waals surface area (Å²) in [5.74, 6) is -0.542. The Morgan fingerprint density at radius 2 is 2.16 bits per heavy atom. The Balaban J connectivity index is 3.05. The summed E-state index contributed by atoms with van der Waals surface area (Å²) in [5, 5.41) is 9.06. The number of benzene rings is 1. The number of nitrogens with zero attached hydrogens (tertiary/aromatic N) is 1. The second-order valence-electron chi connectivity index (χ2n) is 3.69. The topological polar surface area (TPSA) is 59.3 Å². The molecule has 1 rings (SSSR count). The molecule has 1 aromatic carbocycles. The van der Waals surface area contributed by atoms with Crippen LogP contribution < -0.4 is 4.74 Å². The Kier molecular flexibility index (Phi) is 5.24. The van der Waals surface area contributed by atoms with Gasteiger partial charge in [0.25, 0.3) is 0 Å². The van der Waals surface area contributed by atoms with E-state index in [4.69, 9.17) is 10.00 Å². The molecule has 0 heterocycles. The first-order valence-electron chi connectivity index (χ1n) is 5.62. The third kappa shape index (κ3) is 3.91. The van der Waals surface area contributed by atoms with E-state index in [9.17, 15) is 13.6 Å². The maximum Gasteiger partial charge on any atom is 0.387 e. The van der Waals surface area contributed by atoms with Gasteiger partial charge >= 0.3 is 12.6 Å². The van der Waals surface area contributed by atoms with E-state index in [0.717, 1.165) is 0 Å². The minimum absolute atomic E-state index is 0.0702. The number of esters is 1. The molecule has 4 nitrogen and oxygen atoms in total. The number of hydrogen-bond donors (Lipinski definition) is 0. The van der Waals surface area contributed by atoms with E-state index >= 15 is 0 Å². The monoisotopic (exact) mass is 269 g/mol. The van der Waals surface area contributed by atoms with Crippen LogP contribution in [0.15, 0.2) is 12.1 Å². The van der Waals surface area contributed by atoms with Crippen LogP contribution in [0.2, 0.25) is 0 Å². The standard InChI is InChI=1S/C13H13F2NO3/c1-3-18-12(17)6-9-4-5-11(19-13(14)15)8(2)10(9)7-16/h4-5,13H,3,6H2,1-2H3. The van der Waals surface area contributed by atoms with E-state index < -0.39 is 12.6 Å². The highest BCUT2D eigenvalue weighted by atomic mass is 19.3. The Hall–Kier alpha value is -2.16. The van der Waals surface area contributed by atoms with Crippen molar-refractivity contribution in [3.8, 4) is 11.8 Å². The summed E-state index contributed by atoms with van der Waals surface area (Å²) in [6.07, 6.45) is -0.0769. The number of rotatable bonds is 5. The molecule has 0 bridgehead atoms. The molecule has 102 valence electrons. The van der Waals surface area contributed by atoms with Crippen LogP contribution in [0.5, 0.6) is 5.75 Å². The molecule has 0 saturated heterocycles. The zero-order valence-corrected chi connectivity index (χ0v) is 10.6. The molecule has 0 aliphatic carbocycles. The molecule has 0 radical (unpaired) electrons. The summed E-state index contributed by atoms with van der Waals surface area (Å²) < 4.78 is 33.4. The van der Waals surface area contributed by atoms with Crippen molar-refractivity contribution in [2.45, 2.75) is 26.9 Å². The number of alkyl halides is 2. The van der Waals surface area contributed by atoms with Crippen LogP contribution in [0, 0.1) is 18.3 Å². The Bertz CT molecular complexity index is 509. The van der Waals surface area contributed by atoms with Gasteiger partial charge in [-0.3, -0.25) is 4.79 Å². The van der Waals surface area contributed by atoms with Crippen molar-refractivity contribution >= 4 is 5.97 Å². The molecule has 0 amide bonds. The van der Waals surface area contributed by atoms with Gasteiger partial charge in [0.2, 0.25) is 0 Å². The lowest BCUT2D eigenvalue weighted by atomic mass is 10.00. The van der Waals surface area contributed by atoms with E-state index in [1.54, 1.807) is 6.92 Å². The molecule has 0 aromatic heterocycles. The summed E-state index contributed by atoms with van der Waals surface area (Å²) in [5.41, 5.74) is 0.871. The normalized spacial score (nSPS) is 10.1. The van der Waals surface area contributed by atoms with Gasteiger partial charge < -0.3 is 9.47 Å². The van der Waals surface area contributed by atoms with E-state index in [-0.39, 0.29) is 29.9 Å². The Morgan fingerprint density at radius 1 is 1.47 bits per heavy atom. The molecular weight excluding hydrogens is 256 g/mol. The molecule has 1 aromatic rings. The molecule has 0 aliphatic rings. The van der Waals surface area contributed by atoms with E-state index in [2.05, 4.69) is 4.74 Å². The molecule has 0 aliphatic heterocycles. The third-order valence-corrected chi connectivity index (χ3v) is 2.47. The summed E-state index contributed by atoms with van der Waals surface area (Å²) in [6.45, 7) is 0.451. The van der Waals surface area contributed by atoms with Crippen molar-refractivity contribution < 1.29 is 23.0 Å². The first kappa shape index (κ1) is 14.9. The van der Waals surface area contributed by atoms with Crippen molar-refractivity contribution in [1.29, 1.82) is 5.26 Å². The van der Waals surface area contributed by atoms with Crippen LogP contribution in [0.3, 0.4) is 0 Å². The first-order chi connectivity index (χ1) is 8.99. The molecule has 0 unspecified atom stereocenters. The van der Waals surface area contributed by atoms with Crippen molar-refractivity contribution in [2.24, 2.45) is 0 Å². The Morgan fingerprint density at radius 3 is 2.68 bits per heavy atom. The van der Waals surface area contributed by atoms with Gasteiger partial charge in [-0.2, -0.15) is 14.0 Å². The Labute approximate surface area is 109 Å². The molecule has 0 saturated carbocycles. The third-order valence-electron chi connectivity index (χ3n) is 2.47. The lowest BCUT2D eigenvalue weighted by Gasteiger charge is -2.12. The highest BCUT2D eigenvalue weighted by Gasteiger charge is 2.16. The summed E-state index contributed by atoms with van der Waals surface area (Å²) in [6, 6.07) is 4.63. The molecule has 19 heavy (non-hydrogen) atoms. The van der Waals surface area contributed by atoms with Gasteiger partial charge in [-0.05, 0) is 25.5 Å². The van der Waals surface area contributed by atoms with Gasteiger partial charge in [0.1, 0.15) is 5.75 Å². The molecule has 0 atom stereocenters. The van der Waals surface area contributed by atoms with Crippen LogP contribution in [-0.4, -0.2) is 19.2 Å². The van der Waals surface area contributed by atoms with Crippen molar-refractivity contribution in [2.75, 3.05) is 6.61 Å². The summed E-state index contributed by atoms with van der Waals surface area (Å²) in [4.78, 5) is 11.4. The van der Waals surface area contributed by atoms with Gasteiger partial charge in [0, 0.05) is 5.56 Å². The van der Waals surface area contributed by atoms with Crippen LogP contribution in [0.1, 0.15) is 23.6 Å². The second-order valence-corrected chi connectivity index (χ2v) is 3.69. The molecular formula is C13H13F2NO3.